The Kier molecular flexibility index (Phi) is 3.49. The zero-order valence-electron chi connectivity index (χ0n) is 9.12. The molecule has 16 heavy (non-hydrogen) atoms. The summed E-state index contributed by atoms with van der Waals surface area (Å²) in [6, 6.07) is 9.90. The van der Waals surface area contributed by atoms with Crippen molar-refractivity contribution >= 4 is 17.0 Å². The summed E-state index contributed by atoms with van der Waals surface area (Å²) >= 11 is 5.39. The topological polar surface area (TPSA) is 26.3 Å². The summed E-state index contributed by atoms with van der Waals surface area (Å²) in [6.45, 7) is 0. The first-order valence-electron chi connectivity index (χ1n) is 5.67. The van der Waals surface area contributed by atoms with Crippen molar-refractivity contribution in [1.82, 2.24) is 0 Å². The molecule has 0 atom stereocenters. The molecular weight excluding hydrogens is 224 g/mol. The molecule has 86 valence electrons. The van der Waals surface area contributed by atoms with E-state index in [4.69, 9.17) is 16.3 Å². The molecule has 1 aromatic carbocycles. The van der Waals surface area contributed by atoms with Crippen LogP contribution in [0.15, 0.2) is 30.3 Å². The van der Waals surface area contributed by atoms with Crippen molar-refractivity contribution in [3.8, 4) is 0 Å². The normalized spacial score (nSPS) is 19.1. The van der Waals surface area contributed by atoms with E-state index in [2.05, 4.69) is 0 Å². The van der Waals surface area contributed by atoms with Crippen molar-refractivity contribution in [1.29, 1.82) is 0 Å². The van der Waals surface area contributed by atoms with E-state index in [1.807, 2.05) is 30.3 Å². The van der Waals surface area contributed by atoms with Crippen LogP contribution in [-0.2, 0) is 10.3 Å². The van der Waals surface area contributed by atoms with Gasteiger partial charge < -0.3 is 4.74 Å². The van der Waals surface area contributed by atoms with Crippen LogP contribution in [0.1, 0.15) is 37.7 Å². The van der Waals surface area contributed by atoms with E-state index in [9.17, 15) is 4.79 Å². The average Bonchev–Trinajstić information content (AvgIpc) is 2.30. The molecule has 1 aliphatic rings. The van der Waals surface area contributed by atoms with Crippen LogP contribution in [0, 0.1) is 0 Å². The second-order valence-electron chi connectivity index (χ2n) is 4.26. The Labute approximate surface area is 101 Å². The van der Waals surface area contributed by atoms with Crippen molar-refractivity contribution in [2.75, 3.05) is 0 Å². The van der Waals surface area contributed by atoms with Crippen molar-refractivity contribution in [2.45, 2.75) is 37.7 Å². The minimum absolute atomic E-state index is 0.488. The van der Waals surface area contributed by atoms with Crippen LogP contribution >= 0.6 is 11.6 Å². The Morgan fingerprint density at radius 1 is 1.12 bits per heavy atom. The number of benzene rings is 1. The van der Waals surface area contributed by atoms with Crippen molar-refractivity contribution in [3.05, 3.63) is 35.9 Å². The molecule has 3 heteroatoms. The number of rotatable bonds is 2. The van der Waals surface area contributed by atoms with Crippen LogP contribution in [0.25, 0.3) is 0 Å². The molecule has 2 rings (SSSR count). The molecule has 0 heterocycles. The van der Waals surface area contributed by atoms with E-state index in [1.165, 1.54) is 6.42 Å². The van der Waals surface area contributed by atoms with Crippen molar-refractivity contribution in [2.24, 2.45) is 0 Å². The highest BCUT2D eigenvalue weighted by Gasteiger charge is 2.37. The Balaban J connectivity index is 2.29. The third-order valence-electron chi connectivity index (χ3n) is 3.24. The van der Waals surface area contributed by atoms with Gasteiger partial charge in [-0.25, -0.2) is 4.79 Å². The molecule has 0 radical (unpaired) electrons. The number of ether oxygens (including phenoxy) is 1. The molecule has 0 bridgehead atoms. The average molecular weight is 239 g/mol. The molecule has 0 unspecified atom stereocenters. The maximum absolute atomic E-state index is 11.0. The highest BCUT2D eigenvalue weighted by atomic mass is 35.5. The van der Waals surface area contributed by atoms with E-state index in [0.29, 0.717) is 0 Å². The predicted molar refractivity (Wildman–Crippen MR) is 63.5 cm³/mol. The molecule has 0 aromatic heterocycles. The number of hydrogen-bond acceptors (Lipinski definition) is 2. The molecular formula is C13H15ClO2. The van der Waals surface area contributed by atoms with Crippen molar-refractivity contribution in [3.63, 3.8) is 0 Å². The molecule has 1 aromatic rings. The fourth-order valence-corrected chi connectivity index (χ4v) is 2.62. The summed E-state index contributed by atoms with van der Waals surface area (Å²) in [5, 5.41) is 0. The highest BCUT2D eigenvalue weighted by Crippen LogP contribution is 2.40. The maximum Gasteiger partial charge on any atom is 0.404 e. The molecule has 1 saturated carbocycles. The minimum Gasteiger partial charge on any atom is -0.442 e. The van der Waals surface area contributed by atoms with E-state index in [-0.39, 0.29) is 0 Å². The summed E-state index contributed by atoms with van der Waals surface area (Å²) in [5.41, 5.74) is -0.132. The van der Waals surface area contributed by atoms with Crippen LogP contribution < -0.4 is 0 Å². The van der Waals surface area contributed by atoms with Crippen LogP contribution in [0.4, 0.5) is 4.79 Å². The standard InChI is InChI=1S/C13H15ClO2/c14-12(15)16-13(9-5-2-6-10-13)11-7-3-1-4-8-11/h1,3-4,7-8H,2,5-6,9-10H2. The van der Waals surface area contributed by atoms with Gasteiger partial charge >= 0.3 is 5.43 Å². The predicted octanol–water partition coefficient (Wildman–Crippen LogP) is 4.22. The number of halogens is 1. The second kappa shape index (κ2) is 4.88. The van der Waals surface area contributed by atoms with Crippen molar-refractivity contribution < 1.29 is 9.53 Å². The van der Waals surface area contributed by atoms with Gasteiger partial charge in [0.1, 0.15) is 5.60 Å². The monoisotopic (exact) mass is 238 g/mol. The van der Waals surface area contributed by atoms with E-state index >= 15 is 0 Å². The zero-order chi connectivity index (χ0) is 11.4. The summed E-state index contributed by atoms with van der Waals surface area (Å²) in [4.78, 5) is 11.0. The Morgan fingerprint density at radius 2 is 1.75 bits per heavy atom. The van der Waals surface area contributed by atoms with Crippen LogP contribution in [-0.4, -0.2) is 5.43 Å². The quantitative estimate of drug-likeness (QED) is 0.721. The first kappa shape index (κ1) is 11.5. The molecule has 0 N–H and O–H groups in total. The highest BCUT2D eigenvalue weighted by molar-refractivity contribution is 6.61. The van der Waals surface area contributed by atoms with Gasteiger partial charge in [-0.1, -0.05) is 36.8 Å². The molecule has 0 spiro atoms. The van der Waals surface area contributed by atoms with E-state index in [0.717, 1.165) is 31.2 Å². The van der Waals surface area contributed by atoms with Gasteiger partial charge in [-0.2, -0.15) is 0 Å². The van der Waals surface area contributed by atoms with E-state index < -0.39 is 11.0 Å². The number of carbonyl (C=O) groups is 1. The molecule has 0 amide bonds. The number of hydrogen-bond donors (Lipinski definition) is 0. The third-order valence-corrected chi connectivity index (χ3v) is 3.31. The summed E-state index contributed by atoms with van der Waals surface area (Å²) < 4.78 is 5.39. The number of carbonyl (C=O) groups excluding carboxylic acids is 1. The van der Waals surface area contributed by atoms with Gasteiger partial charge in [0.15, 0.2) is 0 Å². The SMILES string of the molecule is O=C(Cl)OC1(c2ccccc2)CCCCC1. The van der Waals surface area contributed by atoms with Crippen LogP contribution in [0.2, 0.25) is 0 Å². The molecule has 0 saturated heterocycles. The largest absolute Gasteiger partial charge is 0.442 e. The second-order valence-corrected chi connectivity index (χ2v) is 4.57. The Morgan fingerprint density at radius 3 is 2.31 bits per heavy atom. The lowest BCUT2D eigenvalue weighted by molar-refractivity contribution is -0.00794. The zero-order valence-corrected chi connectivity index (χ0v) is 9.87. The fraction of sp³-hybridized carbons (Fsp3) is 0.462. The molecule has 1 fully saturated rings. The van der Waals surface area contributed by atoms with Gasteiger partial charge in [0.05, 0.1) is 0 Å². The lowest BCUT2D eigenvalue weighted by Crippen LogP contribution is -2.33. The molecule has 0 aliphatic heterocycles. The first-order valence-corrected chi connectivity index (χ1v) is 6.05. The Hall–Kier alpha value is -1.02. The van der Waals surface area contributed by atoms with Gasteiger partial charge in [-0.3, -0.25) is 0 Å². The van der Waals surface area contributed by atoms with Gasteiger partial charge in [-0.05, 0) is 31.2 Å². The fourth-order valence-electron chi connectivity index (χ4n) is 2.47. The summed E-state index contributed by atoms with van der Waals surface area (Å²) in [5.74, 6) is 0. The van der Waals surface area contributed by atoms with Crippen LogP contribution in [0.3, 0.4) is 0 Å². The smallest absolute Gasteiger partial charge is 0.404 e. The Bertz CT molecular complexity index is 355. The molecule has 2 nitrogen and oxygen atoms in total. The van der Waals surface area contributed by atoms with Crippen LogP contribution in [0.5, 0.6) is 0 Å². The first-order chi connectivity index (χ1) is 7.73. The lowest BCUT2D eigenvalue weighted by Gasteiger charge is -2.36. The summed E-state index contributed by atoms with van der Waals surface area (Å²) in [6.07, 6.45) is 5.11. The van der Waals surface area contributed by atoms with Gasteiger partial charge in [0.25, 0.3) is 0 Å². The molecule has 1 aliphatic carbocycles. The van der Waals surface area contributed by atoms with Gasteiger partial charge in [0, 0.05) is 11.6 Å². The lowest BCUT2D eigenvalue weighted by atomic mass is 9.79. The van der Waals surface area contributed by atoms with Gasteiger partial charge in [-0.15, -0.1) is 0 Å². The minimum atomic E-state index is -0.703. The van der Waals surface area contributed by atoms with E-state index in [1.54, 1.807) is 0 Å². The summed E-state index contributed by atoms with van der Waals surface area (Å²) in [7, 11) is 0. The van der Waals surface area contributed by atoms with Gasteiger partial charge in [0.2, 0.25) is 0 Å². The third kappa shape index (κ3) is 2.38. The maximum atomic E-state index is 11.0.